The number of carbonyl (C=O) groups excluding carboxylic acids is 1. The largest absolute Gasteiger partial charge is 0.494 e. The molecule has 2 aromatic rings. The Kier molecular flexibility index (Phi) is 5.57. The Morgan fingerprint density at radius 3 is 2.76 bits per heavy atom. The lowest BCUT2D eigenvalue weighted by atomic mass is 10.1. The highest BCUT2D eigenvalue weighted by Gasteiger charge is 2.12. The van der Waals surface area contributed by atoms with Crippen molar-refractivity contribution < 1.29 is 19.0 Å². The summed E-state index contributed by atoms with van der Waals surface area (Å²) in [6, 6.07) is 12.7. The Morgan fingerprint density at radius 2 is 1.96 bits per heavy atom. The lowest BCUT2D eigenvalue weighted by molar-refractivity contribution is 0.104. The highest BCUT2D eigenvalue weighted by molar-refractivity contribution is 6.04. The van der Waals surface area contributed by atoms with E-state index in [1.165, 1.54) is 6.08 Å². The molecule has 0 spiro atoms. The molecule has 0 aliphatic carbocycles. The van der Waals surface area contributed by atoms with Gasteiger partial charge in [-0.15, -0.1) is 0 Å². The number of unbranched alkanes of at least 4 members (excludes halogenated alkanes) is 1. The van der Waals surface area contributed by atoms with Crippen molar-refractivity contribution in [3.63, 3.8) is 0 Å². The van der Waals surface area contributed by atoms with Crippen LogP contribution >= 0.6 is 0 Å². The zero-order valence-electron chi connectivity index (χ0n) is 14.2. The molecular weight excluding hydrogens is 318 g/mol. The van der Waals surface area contributed by atoms with Gasteiger partial charge < -0.3 is 19.5 Å². The maximum Gasteiger partial charge on any atom is 0.231 e. The van der Waals surface area contributed by atoms with Crippen molar-refractivity contribution in [1.82, 2.24) is 0 Å². The molecule has 5 heteroatoms. The minimum absolute atomic E-state index is 0.0756. The second-order valence-electron chi connectivity index (χ2n) is 5.64. The van der Waals surface area contributed by atoms with Crippen LogP contribution in [-0.4, -0.2) is 19.2 Å². The predicted octanol–water partition coefficient (Wildman–Crippen LogP) is 4.40. The number of carbonyl (C=O) groups is 1. The lowest BCUT2D eigenvalue weighted by Crippen LogP contribution is -1.99. The molecule has 2 aromatic carbocycles. The number of fused-ring (bicyclic) bond motifs is 1. The van der Waals surface area contributed by atoms with E-state index in [2.05, 4.69) is 12.2 Å². The quantitative estimate of drug-likeness (QED) is 0.439. The number of rotatable bonds is 8. The summed E-state index contributed by atoms with van der Waals surface area (Å²) in [6.07, 6.45) is 5.23. The van der Waals surface area contributed by atoms with Gasteiger partial charge >= 0.3 is 0 Å². The van der Waals surface area contributed by atoms with E-state index in [0.29, 0.717) is 17.9 Å². The van der Waals surface area contributed by atoms with E-state index in [1.54, 1.807) is 18.3 Å². The molecule has 0 saturated heterocycles. The first kappa shape index (κ1) is 16.9. The van der Waals surface area contributed by atoms with E-state index in [1.807, 2.05) is 30.3 Å². The highest BCUT2D eigenvalue weighted by atomic mass is 16.7. The predicted molar refractivity (Wildman–Crippen MR) is 96.5 cm³/mol. The van der Waals surface area contributed by atoms with Crippen LogP contribution in [0.4, 0.5) is 5.69 Å². The molecule has 1 N–H and O–H groups in total. The monoisotopic (exact) mass is 339 g/mol. The van der Waals surface area contributed by atoms with Gasteiger partial charge in [-0.05, 0) is 42.8 Å². The first-order valence-electron chi connectivity index (χ1n) is 8.36. The first-order valence-corrected chi connectivity index (χ1v) is 8.36. The average molecular weight is 339 g/mol. The Bertz CT molecular complexity index is 753. The number of nitrogens with one attached hydrogen (secondary N) is 1. The van der Waals surface area contributed by atoms with Gasteiger partial charge in [-0.3, -0.25) is 4.79 Å². The van der Waals surface area contributed by atoms with Crippen LogP contribution in [0.15, 0.2) is 54.7 Å². The number of ketones is 1. The molecule has 0 aromatic heterocycles. The third-order valence-electron chi connectivity index (χ3n) is 3.76. The summed E-state index contributed by atoms with van der Waals surface area (Å²) in [6.45, 7) is 3.06. The molecule has 1 heterocycles. The maximum atomic E-state index is 12.2. The van der Waals surface area contributed by atoms with Gasteiger partial charge in [0.15, 0.2) is 17.3 Å². The molecule has 0 bridgehead atoms. The number of ether oxygens (including phenoxy) is 3. The molecule has 0 saturated carbocycles. The van der Waals surface area contributed by atoms with Crippen LogP contribution in [0.3, 0.4) is 0 Å². The van der Waals surface area contributed by atoms with E-state index in [-0.39, 0.29) is 12.6 Å². The minimum atomic E-state index is -0.0756. The molecular formula is C20H21NO4. The van der Waals surface area contributed by atoms with Crippen molar-refractivity contribution in [2.24, 2.45) is 0 Å². The van der Waals surface area contributed by atoms with E-state index in [9.17, 15) is 4.79 Å². The lowest BCUT2D eigenvalue weighted by Gasteiger charge is -2.05. The Morgan fingerprint density at radius 1 is 1.16 bits per heavy atom. The summed E-state index contributed by atoms with van der Waals surface area (Å²) >= 11 is 0. The van der Waals surface area contributed by atoms with Crippen LogP contribution in [0.2, 0.25) is 0 Å². The average Bonchev–Trinajstić information content (AvgIpc) is 3.10. The highest BCUT2D eigenvalue weighted by Crippen LogP contribution is 2.34. The van der Waals surface area contributed by atoms with Crippen molar-refractivity contribution in [2.75, 3.05) is 18.7 Å². The number of allylic oxidation sites excluding steroid dienone is 1. The molecule has 5 nitrogen and oxygen atoms in total. The smallest absolute Gasteiger partial charge is 0.231 e. The molecule has 25 heavy (non-hydrogen) atoms. The van der Waals surface area contributed by atoms with E-state index >= 15 is 0 Å². The third kappa shape index (κ3) is 4.53. The Labute approximate surface area is 147 Å². The summed E-state index contributed by atoms with van der Waals surface area (Å²) in [4.78, 5) is 12.2. The molecule has 0 amide bonds. The first-order chi connectivity index (χ1) is 12.3. The van der Waals surface area contributed by atoms with Gasteiger partial charge in [0.1, 0.15) is 5.75 Å². The Balaban J connectivity index is 1.53. The molecule has 3 rings (SSSR count). The van der Waals surface area contributed by atoms with Crippen molar-refractivity contribution in [3.8, 4) is 17.2 Å². The van der Waals surface area contributed by atoms with Gasteiger partial charge in [0.25, 0.3) is 0 Å². The molecule has 0 atom stereocenters. The van der Waals surface area contributed by atoms with Crippen LogP contribution in [-0.2, 0) is 0 Å². The molecule has 130 valence electrons. The molecule has 0 radical (unpaired) electrons. The summed E-state index contributed by atoms with van der Waals surface area (Å²) < 4.78 is 16.2. The zero-order valence-corrected chi connectivity index (χ0v) is 14.2. The minimum Gasteiger partial charge on any atom is -0.494 e. The van der Waals surface area contributed by atoms with E-state index < -0.39 is 0 Å². The van der Waals surface area contributed by atoms with Gasteiger partial charge in [0, 0.05) is 29.6 Å². The van der Waals surface area contributed by atoms with Gasteiger partial charge in [-0.1, -0.05) is 13.3 Å². The molecule has 0 unspecified atom stereocenters. The number of hydrogen-bond acceptors (Lipinski definition) is 5. The molecule has 1 aliphatic rings. The number of benzene rings is 2. The van der Waals surface area contributed by atoms with Gasteiger partial charge in [0.05, 0.1) is 6.61 Å². The number of anilines is 1. The van der Waals surface area contributed by atoms with E-state index in [0.717, 1.165) is 30.0 Å². The van der Waals surface area contributed by atoms with Crippen molar-refractivity contribution >= 4 is 11.5 Å². The normalized spacial score (nSPS) is 12.4. The summed E-state index contributed by atoms with van der Waals surface area (Å²) in [5.74, 6) is 2.14. The van der Waals surface area contributed by atoms with Gasteiger partial charge in [-0.25, -0.2) is 0 Å². The summed E-state index contributed by atoms with van der Waals surface area (Å²) in [5, 5.41) is 3.06. The second-order valence-corrected chi connectivity index (χ2v) is 5.64. The van der Waals surface area contributed by atoms with Gasteiger partial charge in [-0.2, -0.15) is 0 Å². The van der Waals surface area contributed by atoms with Crippen LogP contribution in [0.25, 0.3) is 0 Å². The van der Waals surface area contributed by atoms with E-state index in [4.69, 9.17) is 14.2 Å². The number of hydrogen-bond donors (Lipinski definition) is 1. The zero-order chi connectivity index (χ0) is 17.5. The van der Waals surface area contributed by atoms with Crippen molar-refractivity contribution in [1.29, 1.82) is 0 Å². The summed E-state index contributed by atoms with van der Waals surface area (Å²) in [7, 11) is 0. The standard InChI is InChI=1S/C20H21NO4/c1-2-3-12-23-17-7-4-15(5-8-17)18(22)10-11-21-16-6-9-19-20(13-16)25-14-24-19/h4-11,13,21H,2-3,12,14H2,1H3/b11-10+. The fourth-order valence-corrected chi connectivity index (χ4v) is 2.35. The van der Waals surface area contributed by atoms with Crippen molar-refractivity contribution in [2.45, 2.75) is 19.8 Å². The fraction of sp³-hybridized carbons (Fsp3) is 0.250. The fourth-order valence-electron chi connectivity index (χ4n) is 2.35. The second kappa shape index (κ2) is 8.24. The topological polar surface area (TPSA) is 56.8 Å². The maximum absolute atomic E-state index is 12.2. The van der Waals surface area contributed by atoms with Crippen molar-refractivity contribution in [3.05, 3.63) is 60.3 Å². The molecule has 0 fully saturated rings. The van der Waals surface area contributed by atoms with Crippen LogP contribution in [0.5, 0.6) is 17.2 Å². The van der Waals surface area contributed by atoms with Crippen LogP contribution < -0.4 is 19.5 Å². The van der Waals surface area contributed by atoms with Gasteiger partial charge in [0.2, 0.25) is 6.79 Å². The third-order valence-corrected chi connectivity index (χ3v) is 3.76. The van der Waals surface area contributed by atoms with Crippen LogP contribution in [0, 0.1) is 0 Å². The summed E-state index contributed by atoms with van der Waals surface area (Å²) in [5.41, 5.74) is 1.44. The SMILES string of the molecule is CCCCOc1ccc(C(=O)/C=C/Nc2ccc3c(c2)OCO3)cc1. The molecule has 1 aliphatic heterocycles. The van der Waals surface area contributed by atoms with Crippen LogP contribution in [0.1, 0.15) is 30.1 Å². The Hall–Kier alpha value is -2.95.